The number of fused-ring (bicyclic) bond motifs is 2. The van der Waals surface area contributed by atoms with E-state index in [1.807, 2.05) is 6.07 Å². The van der Waals surface area contributed by atoms with Crippen molar-refractivity contribution in [2.75, 3.05) is 4.72 Å². The molecule has 0 saturated carbocycles. The van der Waals surface area contributed by atoms with Crippen molar-refractivity contribution < 1.29 is 8.42 Å². The second-order valence-electron chi connectivity index (χ2n) is 5.27. The second-order valence-corrected chi connectivity index (χ2v) is 6.95. The fourth-order valence-electron chi connectivity index (χ4n) is 2.57. The molecule has 2 aromatic heterocycles. The van der Waals surface area contributed by atoms with Gasteiger partial charge in [0, 0.05) is 11.6 Å². The van der Waals surface area contributed by atoms with Crippen LogP contribution in [0.2, 0.25) is 0 Å². The number of nitrogens with one attached hydrogen (secondary N) is 3. The fraction of sp³-hybridized carbons (Fsp3) is 0. The van der Waals surface area contributed by atoms with Crippen LogP contribution in [0.5, 0.6) is 0 Å². The minimum Gasteiger partial charge on any atom is -0.306 e. The van der Waals surface area contributed by atoms with Crippen molar-refractivity contribution in [3.8, 4) is 0 Å². The highest BCUT2D eigenvalue weighted by Crippen LogP contribution is 2.25. The van der Waals surface area contributed by atoms with Crippen LogP contribution in [0.3, 0.4) is 0 Å². The average Bonchev–Trinajstić information content (AvgIpc) is 2.94. The van der Waals surface area contributed by atoms with Gasteiger partial charge in [0.05, 0.1) is 27.1 Å². The Kier molecular flexibility index (Phi) is 3.14. The number of hydrogen-bond donors (Lipinski definition) is 3. The Morgan fingerprint density at radius 3 is 2.67 bits per heavy atom. The first kappa shape index (κ1) is 14.5. The largest absolute Gasteiger partial charge is 0.323 e. The van der Waals surface area contributed by atoms with E-state index in [1.165, 1.54) is 12.1 Å². The fourth-order valence-corrected chi connectivity index (χ4v) is 3.68. The lowest BCUT2D eigenvalue weighted by Crippen LogP contribution is -2.13. The molecular formula is C16H12N4O3S. The zero-order valence-corrected chi connectivity index (χ0v) is 13.1. The van der Waals surface area contributed by atoms with Crippen molar-refractivity contribution in [2.45, 2.75) is 4.90 Å². The first-order valence-electron chi connectivity index (χ1n) is 7.11. The third-order valence-electron chi connectivity index (χ3n) is 3.69. The number of aromatic nitrogens is 3. The molecule has 24 heavy (non-hydrogen) atoms. The molecule has 0 aliphatic carbocycles. The van der Waals surface area contributed by atoms with Gasteiger partial charge in [0.15, 0.2) is 0 Å². The van der Waals surface area contributed by atoms with Crippen LogP contribution >= 0.6 is 0 Å². The topological polar surface area (TPSA) is 108 Å². The summed E-state index contributed by atoms with van der Waals surface area (Å²) in [4.78, 5) is 20.7. The predicted molar refractivity (Wildman–Crippen MR) is 91.5 cm³/mol. The summed E-state index contributed by atoms with van der Waals surface area (Å²) in [5.41, 5.74) is 1.75. The molecule has 0 unspecified atom stereocenters. The molecule has 0 spiro atoms. The Labute approximate surface area is 136 Å². The molecule has 0 amide bonds. The van der Waals surface area contributed by atoms with Crippen LogP contribution in [0.25, 0.3) is 21.9 Å². The van der Waals surface area contributed by atoms with Gasteiger partial charge in [0.1, 0.15) is 0 Å². The van der Waals surface area contributed by atoms with Gasteiger partial charge in [0.25, 0.3) is 10.0 Å². The predicted octanol–water partition coefficient (Wildman–Crippen LogP) is 2.21. The summed E-state index contributed by atoms with van der Waals surface area (Å²) >= 11 is 0. The number of anilines is 1. The van der Waals surface area contributed by atoms with E-state index >= 15 is 0 Å². The van der Waals surface area contributed by atoms with Gasteiger partial charge in [0.2, 0.25) is 0 Å². The molecule has 0 aliphatic rings. The Morgan fingerprint density at radius 2 is 1.79 bits per heavy atom. The molecule has 0 bridgehead atoms. The Balaban J connectivity index is 1.80. The highest BCUT2D eigenvalue weighted by atomic mass is 32.2. The highest BCUT2D eigenvalue weighted by Gasteiger charge is 2.16. The minimum atomic E-state index is -3.80. The first-order chi connectivity index (χ1) is 11.5. The van der Waals surface area contributed by atoms with E-state index in [-0.39, 0.29) is 10.6 Å². The van der Waals surface area contributed by atoms with Crippen LogP contribution in [0.4, 0.5) is 5.69 Å². The van der Waals surface area contributed by atoms with Crippen LogP contribution in [-0.2, 0) is 10.0 Å². The van der Waals surface area contributed by atoms with Crippen LogP contribution in [0.15, 0.2) is 64.4 Å². The van der Waals surface area contributed by atoms with Crippen molar-refractivity contribution in [2.24, 2.45) is 0 Å². The molecule has 2 heterocycles. The number of benzene rings is 2. The normalized spacial score (nSPS) is 11.8. The van der Waals surface area contributed by atoms with E-state index in [2.05, 4.69) is 19.7 Å². The number of hydrogen-bond acceptors (Lipinski definition) is 4. The number of sulfonamides is 1. The van der Waals surface area contributed by atoms with E-state index in [1.54, 1.807) is 36.5 Å². The third-order valence-corrected chi connectivity index (χ3v) is 5.05. The number of H-pyrrole nitrogens is 2. The zero-order chi connectivity index (χ0) is 16.7. The van der Waals surface area contributed by atoms with Gasteiger partial charge in [-0.3, -0.25) is 9.71 Å². The number of nitrogens with zero attached hydrogens (tertiary/aromatic N) is 1. The van der Waals surface area contributed by atoms with E-state index in [4.69, 9.17) is 0 Å². The second kappa shape index (κ2) is 5.20. The van der Waals surface area contributed by atoms with Crippen molar-refractivity contribution in [1.82, 2.24) is 15.0 Å². The molecule has 4 aromatic rings. The SMILES string of the molecule is O=c1[nH]c2ccc(S(=O)(=O)Nc3cccc4ncccc34)cc2[nH]1. The maximum absolute atomic E-state index is 12.7. The summed E-state index contributed by atoms with van der Waals surface area (Å²) in [6.45, 7) is 0. The quantitative estimate of drug-likeness (QED) is 0.531. The summed E-state index contributed by atoms with van der Waals surface area (Å²) < 4.78 is 27.9. The van der Waals surface area contributed by atoms with Gasteiger partial charge in [-0.15, -0.1) is 0 Å². The lowest BCUT2D eigenvalue weighted by Gasteiger charge is -2.10. The van der Waals surface area contributed by atoms with Gasteiger partial charge in [-0.05, 0) is 42.5 Å². The van der Waals surface area contributed by atoms with Crippen molar-refractivity contribution >= 4 is 37.6 Å². The molecule has 4 rings (SSSR count). The van der Waals surface area contributed by atoms with Crippen LogP contribution < -0.4 is 10.4 Å². The lowest BCUT2D eigenvalue weighted by molar-refractivity contribution is 0.601. The van der Waals surface area contributed by atoms with Crippen LogP contribution in [0.1, 0.15) is 0 Å². The van der Waals surface area contributed by atoms with Gasteiger partial charge in [-0.2, -0.15) is 0 Å². The zero-order valence-electron chi connectivity index (χ0n) is 12.3. The van der Waals surface area contributed by atoms with E-state index in [0.29, 0.717) is 27.6 Å². The smallest absolute Gasteiger partial charge is 0.306 e. The first-order valence-corrected chi connectivity index (χ1v) is 8.60. The molecule has 0 atom stereocenters. The number of imidazole rings is 1. The molecule has 120 valence electrons. The van der Waals surface area contributed by atoms with Crippen LogP contribution in [-0.4, -0.2) is 23.4 Å². The monoisotopic (exact) mass is 340 g/mol. The maximum Gasteiger partial charge on any atom is 0.323 e. The highest BCUT2D eigenvalue weighted by molar-refractivity contribution is 7.92. The number of rotatable bonds is 3. The van der Waals surface area contributed by atoms with E-state index in [0.717, 1.165) is 0 Å². The van der Waals surface area contributed by atoms with Gasteiger partial charge >= 0.3 is 5.69 Å². The molecule has 0 fully saturated rings. The molecular weight excluding hydrogens is 328 g/mol. The number of aromatic amines is 2. The minimum absolute atomic E-state index is 0.0612. The molecule has 0 saturated heterocycles. The molecule has 3 N–H and O–H groups in total. The average molecular weight is 340 g/mol. The van der Waals surface area contributed by atoms with Gasteiger partial charge < -0.3 is 9.97 Å². The Bertz CT molecular complexity index is 1220. The van der Waals surface area contributed by atoms with Gasteiger partial charge in [-0.1, -0.05) is 6.07 Å². The van der Waals surface area contributed by atoms with Gasteiger partial charge in [-0.25, -0.2) is 13.2 Å². The summed E-state index contributed by atoms with van der Waals surface area (Å²) in [5, 5.41) is 0.708. The lowest BCUT2D eigenvalue weighted by atomic mass is 10.2. The summed E-state index contributed by atoms with van der Waals surface area (Å²) in [7, 11) is -3.80. The molecule has 0 aliphatic heterocycles. The summed E-state index contributed by atoms with van der Waals surface area (Å²) in [6.07, 6.45) is 1.65. The molecule has 8 heteroatoms. The molecule has 0 radical (unpaired) electrons. The molecule has 2 aromatic carbocycles. The standard InChI is InChI=1S/C16H12N4O3S/c21-16-18-14-7-6-10(9-15(14)19-16)24(22,23)20-13-5-1-4-12-11(13)3-2-8-17-12/h1-9,20H,(H2,18,19,21). The maximum atomic E-state index is 12.7. The van der Waals surface area contributed by atoms with Crippen molar-refractivity contribution in [1.29, 1.82) is 0 Å². The Hall–Kier alpha value is -3.13. The van der Waals surface area contributed by atoms with E-state index < -0.39 is 10.0 Å². The molecule has 7 nitrogen and oxygen atoms in total. The van der Waals surface area contributed by atoms with Crippen LogP contribution in [0, 0.1) is 0 Å². The van der Waals surface area contributed by atoms with E-state index in [9.17, 15) is 13.2 Å². The summed E-state index contributed by atoms with van der Waals surface area (Å²) in [5.74, 6) is 0. The summed E-state index contributed by atoms with van der Waals surface area (Å²) in [6, 6.07) is 13.2. The number of pyridine rings is 1. The van der Waals surface area contributed by atoms with Crippen molar-refractivity contribution in [3.63, 3.8) is 0 Å². The third kappa shape index (κ3) is 2.42. The van der Waals surface area contributed by atoms with Crippen molar-refractivity contribution in [3.05, 3.63) is 65.2 Å². The Morgan fingerprint density at radius 1 is 0.958 bits per heavy atom.